The molecule has 1 heterocycles. The summed E-state index contributed by atoms with van der Waals surface area (Å²) < 4.78 is 2.29. The van der Waals surface area contributed by atoms with E-state index < -0.39 is 0 Å². The van der Waals surface area contributed by atoms with Gasteiger partial charge in [0.15, 0.2) is 0 Å². The van der Waals surface area contributed by atoms with Gasteiger partial charge in [0.2, 0.25) is 0 Å². The fourth-order valence-electron chi connectivity index (χ4n) is 2.01. The number of hydrogen-bond acceptors (Lipinski definition) is 4. The number of nitrogens with one attached hydrogen (secondary N) is 1. The van der Waals surface area contributed by atoms with Gasteiger partial charge >= 0.3 is 0 Å². The molecule has 0 bridgehead atoms. The molecule has 0 saturated heterocycles. The zero-order chi connectivity index (χ0) is 16.0. The standard InChI is InChI=1S/C15H29ClN4S/c1-7-17-13(11-21-15(2,3)4)14-12(16)10-18-20(14)9-8-19(5)6/h10,13,17H,7-9,11H2,1-6H3. The first-order chi connectivity index (χ1) is 9.74. The van der Waals surface area contributed by atoms with E-state index in [9.17, 15) is 0 Å². The molecular formula is C15H29ClN4S. The number of halogens is 1. The molecule has 1 N–H and O–H groups in total. The highest BCUT2D eigenvalue weighted by Gasteiger charge is 2.22. The summed E-state index contributed by atoms with van der Waals surface area (Å²) in [5.41, 5.74) is 1.11. The van der Waals surface area contributed by atoms with Gasteiger partial charge in [0.25, 0.3) is 0 Å². The minimum Gasteiger partial charge on any atom is -0.308 e. The average molecular weight is 333 g/mol. The van der Waals surface area contributed by atoms with Crippen molar-refractivity contribution in [2.75, 3.05) is 32.9 Å². The molecule has 0 saturated carbocycles. The Bertz CT molecular complexity index is 426. The molecule has 1 rings (SSSR count). The number of aromatic nitrogens is 2. The van der Waals surface area contributed by atoms with E-state index in [0.717, 1.165) is 36.1 Å². The van der Waals surface area contributed by atoms with Gasteiger partial charge in [-0.25, -0.2) is 0 Å². The Balaban J connectivity index is 2.88. The van der Waals surface area contributed by atoms with Crippen LogP contribution < -0.4 is 5.32 Å². The monoisotopic (exact) mass is 332 g/mol. The van der Waals surface area contributed by atoms with Crippen molar-refractivity contribution < 1.29 is 0 Å². The number of rotatable bonds is 8. The lowest BCUT2D eigenvalue weighted by atomic mass is 10.2. The van der Waals surface area contributed by atoms with Gasteiger partial charge in [-0.2, -0.15) is 16.9 Å². The quantitative estimate of drug-likeness (QED) is 0.792. The average Bonchev–Trinajstić information content (AvgIpc) is 2.72. The van der Waals surface area contributed by atoms with Crippen LogP contribution in [0.1, 0.15) is 39.4 Å². The molecule has 6 heteroatoms. The van der Waals surface area contributed by atoms with Gasteiger partial charge in [-0.15, -0.1) is 0 Å². The molecule has 0 aliphatic rings. The number of hydrogen-bond donors (Lipinski definition) is 1. The predicted molar refractivity (Wildman–Crippen MR) is 94.4 cm³/mol. The lowest BCUT2D eigenvalue weighted by molar-refractivity contribution is 0.364. The molecule has 21 heavy (non-hydrogen) atoms. The molecule has 1 aromatic heterocycles. The van der Waals surface area contributed by atoms with Crippen molar-refractivity contribution in [2.45, 2.75) is 45.0 Å². The van der Waals surface area contributed by atoms with Crippen molar-refractivity contribution in [3.8, 4) is 0 Å². The van der Waals surface area contributed by atoms with Gasteiger partial charge in [-0.05, 0) is 20.6 Å². The first-order valence-electron chi connectivity index (χ1n) is 7.48. The van der Waals surface area contributed by atoms with Crippen LogP contribution in [0.25, 0.3) is 0 Å². The van der Waals surface area contributed by atoms with Crippen LogP contribution in [-0.4, -0.2) is 52.4 Å². The van der Waals surface area contributed by atoms with Crippen molar-refractivity contribution in [3.05, 3.63) is 16.9 Å². The van der Waals surface area contributed by atoms with Crippen LogP contribution in [0.3, 0.4) is 0 Å². The fourth-order valence-corrected chi connectivity index (χ4v) is 3.22. The highest BCUT2D eigenvalue weighted by Crippen LogP contribution is 2.31. The summed E-state index contributed by atoms with van der Waals surface area (Å²) in [7, 11) is 4.14. The molecule has 0 aromatic carbocycles. The lowest BCUT2D eigenvalue weighted by Gasteiger charge is -2.25. The van der Waals surface area contributed by atoms with E-state index in [1.807, 2.05) is 16.4 Å². The third kappa shape index (κ3) is 6.59. The van der Waals surface area contributed by atoms with Crippen molar-refractivity contribution in [1.82, 2.24) is 20.0 Å². The van der Waals surface area contributed by atoms with Crippen LogP contribution in [-0.2, 0) is 6.54 Å². The Morgan fingerprint density at radius 3 is 2.62 bits per heavy atom. The van der Waals surface area contributed by atoms with Crippen LogP contribution in [0, 0.1) is 0 Å². The van der Waals surface area contributed by atoms with E-state index in [1.165, 1.54) is 0 Å². The minimum absolute atomic E-state index is 0.233. The van der Waals surface area contributed by atoms with Crippen LogP contribution in [0.4, 0.5) is 0 Å². The molecular weight excluding hydrogens is 304 g/mol. The molecule has 0 spiro atoms. The second-order valence-corrected chi connectivity index (χ2v) is 8.69. The zero-order valence-electron chi connectivity index (χ0n) is 14.1. The highest BCUT2D eigenvalue weighted by atomic mass is 35.5. The van der Waals surface area contributed by atoms with E-state index in [1.54, 1.807) is 6.20 Å². The van der Waals surface area contributed by atoms with E-state index in [0.29, 0.717) is 0 Å². The summed E-state index contributed by atoms with van der Waals surface area (Å²) in [6, 6.07) is 0.233. The smallest absolute Gasteiger partial charge is 0.0834 e. The summed E-state index contributed by atoms with van der Waals surface area (Å²) in [6.45, 7) is 11.6. The largest absolute Gasteiger partial charge is 0.308 e. The van der Waals surface area contributed by atoms with Gasteiger partial charge in [-0.3, -0.25) is 4.68 Å². The van der Waals surface area contributed by atoms with Gasteiger partial charge in [0.1, 0.15) is 0 Å². The van der Waals surface area contributed by atoms with Gasteiger partial charge < -0.3 is 10.2 Å². The van der Waals surface area contributed by atoms with Gasteiger partial charge in [0, 0.05) is 17.0 Å². The Morgan fingerprint density at radius 1 is 1.43 bits per heavy atom. The molecule has 0 aliphatic carbocycles. The third-order valence-electron chi connectivity index (χ3n) is 3.06. The Hall–Kier alpha value is -0.230. The highest BCUT2D eigenvalue weighted by molar-refractivity contribution is 8.00. The normalized spacial score (nSPS) is 13.9. The second kappa shape index (κ2) is 8.42. The van der Waals surface area contributed by atoms with Crippen molar-refractivity contribution in [3.63, 3.8) is 0 Å². The third-order valence-corrected chi connectivity index (χ3v) is 4.71. The maximum Gasteiger partial charge on any atom is 0.0834 e. The Morgan fingerprint density at radius 2 is 2.10 bits per heavy atom. The van der Waals surface area contributed by atoms with Crippen LogP contribution in [0.2, 0.25) is 5.02 Å². The van der Waals surface area contributed by atoms with Crippen LogP contribution in [0.15, 0.2) is 6.20 Å². The SMILES string of the molecule is CCNC(CSC(C)(C)C)c1c(Cl)cnn1CCN(C)C. The number of likely N-dealkylation sites (N-methyl/N-ethyl adjacent to an activating group) is 1. The molecule has 0 fully saturated rings. The zero-order valence-corrected chi connectivity index (χ0v) is 15.7. The van der Waals surface area contributed by atoms with Crippen molar-refractivity contribution in [1.29, 1.82) is 0 Å². The summed E-state index contributed by atoms with van der Waals surface area (Å²) in [5.74, 6) is 0.991. The molecule has 1 aromatic rings. The van der Waals surface area contributed by atoms with Gasteiger partial charge in [-0.1, -0.05) is 39.3 Å². The lowest BCUT2D eigenvalue weighted by Crippen LogP contribution is -2.29. The summed E-state index contributed by atoms with van der Waals surface area (Å²) >= 11 is 8.34. The topological polar surface area (TPSA) is 33.1 Å². The van der Waals surface area contributed by atoms with E-state index in [4.69, 9.17) is 11.6 Å². The first kappa shape index (κ1) is 18.8. The Labute approximate surface area is 138 Å². The number of nitrogens with zero attached hydrogens (tertiary/aromatic N) is 3. The Kier molecular flexibility index (Phi) is 7.54. The molecule has 0 radical (unpaired) electrons. The maximum absolute atomic E-state index is 6.39. The molecule has 4 nitrogen and oxygen atoms in total. The van der Waals surface area contributed by atoms with Gasteiger partial charge in [0.05, 0.1) is 29.5 Å². The summed E-state index contributed by atoms with van der Waals surface area (Å²) in [5, 5.41) is 8.75. The first-order valence-corrected chi connectivity index (χ1v) is 8.84. The summed E-state index contributed by atoms with van der Waals surface area (Å²) in [6.07, 6.45) is 1.76. The fraction of sp³-hybridized carbons (Fsp3) is 0.800. The molecule has 1 unspecified atom stereocenters. The van der Waals surface area contributed by atoms with E-state index >= 15 is 0 Å². The predicted octanol–water partition coefficient (Wildman–Crippen LogP) is 3.28. The van der Waals surface area contributed by atoms with Crippen LogP contribution >= 0.6 is 23.4 Å². The summed E-state index contributed by atoms with van der Waals surface area (Å²) in [4.78, 5) is 2.16. The maximum atomic E-state index is 6.39. The van der Waals surface area contributed by atoms with Crippen molar-refractivity contribution >= 4 is 23.4 Å². The number of thioether (sulfide) groups is 1. The van der Waals surface area contributed by atoms with E-state index in [2.05, 4.69) is 57.1 Å². The van der Waals surface area contributed by atoms with E-state index in [-0.39, 0.29) is 10.8 Å². The molecule has 0 amide bonds. The molecule has 122 valence electrons. The minimum atomic E-state index is 0.233. The van der Waals surface area contributed by atoms with Crippen LogP contribution in [0.5, 0.6) is 0 Å². The molecule has 0 aliphatic heterocycles. The second-order valence-electron chi connectivity index (χ2n) is 6.44. The molecule has 1 atom stereocenters. The van der Waals surface area contributed by atoms with Crippen molar-refractivity contribution in [2.24, 2.45) is 0 Å².